The van der Waals surface area contributed by atoms with Crippen molar-refractivity contribution in [2.75, 3.05) is 10.6 Å². The molecule has 25 heavy (non-hydrogen) atoms. The highest BCUT2D eigenvalue weighted by Crippen LogP contribution is 2.26. The molecule has 0 saturated carbocycles. The lowest BCUT2D eigenvalue weighted by atomic mass is 10.1. The third kappa shape index (κ3) is 3.45. The van der Waals surface area contributed by atoms with E-state index >= 15 is 0 Å². The number of aromatic nitrogens is 2. The third-order valence-corrected chi connectivity index (χ3v) is 3.90. The van der Waals surface area contributed by atoms with Gasteiger partial charge in [-0.25, -0.2) is 9.97 Å². The maximum absolute atomic E-state index is 5.57. The van der Waals surface area contributed by atoms with E-state index in [9.17, 15) is 0 Å². The van der Waals surface area contributed by atoms with Crippen LogP contribution in [0.2, 0.25) is 0 Å². The second-order valence-corrected chi connectivity index (χ2v) is 5.77. The van der Waals surface area contributed by atoms with Gasteiger partial charge in [0.15, 0.2) is 0 Å². The van der Waals surface area contributed by atoms with Crippen LogP contribution in [0.5, 0.6) is 0 Å². The zero-order valence-electron chi connectivity index (χ0n) is 13.9. The topological polar surface area (TPSA) is 63.0 Å². The largest absolute Gasteiger partial charge is 0.465 e. The Labute approximate surface area is 145 Å². The molecule has 0 atom stereocenters. The van der Waals surface area contributed by atoms with E-state index in [-0.39, 0.29) is 0 Å². The van der Waals surface area contributed by atoms with Crippen LogP contribution in [0.25, 0.3) is 10.9 Å². The van der Waals surface area contributed by atoms with Gasteiger partial charge in [0.25, 0.3) is 0 Å². The lowest BCUT2D eigenvalue weighted by molar-refractivity contribution is 0.490. The number of fused-ring (bicyclic) bond motifs is 1. The standard InChI is InChI=1S/C20H18N4O/c1-14-8-9-15(25-14)13-22-20-11-10-16-17(5-4-6-18(16)24-20)23-19-7-2-3-12-21-19/h2-12H,13H2,1H3,(H,21,23)(H,22,24). The van der Waals surface area contributed by atoms with E-state index in [1.807, 2.05) is 61.5 Å². The van der Waals surface area contributed by atoms with Crippen LogP contribution in [-0.4, -0.2) is 9.97 Å². The molecule has 0 saturated heterocycles. The summed E-state index contributed by atoms with van der Waals surface area (Å²) in [6, 6.07) is 19.8. The smallest absolute Gasteiger partial charge is 0.130 e. The van der Waals surface area contributed by atoms with Crippen molar-refractivity contribution in [3.05, 3.63) is 78.4 Å². The average molecular weight is 330 g/mol. The Morgan fingerprint density at radius 2 is 1.88 bits per heavy atom. The summed E-state index contributed by atoms with van der Waals surface area (Å²) < 4.78 is 5.57. The second kappa shape index (κ2) is 6.65. The fraction of sp³-hybridized carbons (Fsp3) is 0.100. The van der Waals surface area contributed by atoms with Crippen molar-refractivity contribution >= 4 is 28.2 Å². The van der Waals surface area contributed by atoms with E-state index in [1.165, 1.54) is 0 Å². The number of pyridine rings is 2. The van der Waals surface area contributed by atoms with E-state index in [4.69, 9.17) is 4.42 Å². The van der Waals surface area contributed by atoms with Gasteiger partial charge in [0.05, 0.1) is 12.1 Å². The van der Waals surface area contributed by atoms with Crippen molar-refractivity contribution in [2.45, 2.75) is 13.5 Å². The lowest BCUT2D eigenvalue weighted by Crippen LogP contribution is -2.01. The van der Waals surface area contributed by atoms with Crippen molar-refractivity contribution in [3.63, 3.8) is 0 Å². The minimum atomic E-state index is 0.609. The van der Waals surface area contributed by atoms with Gasteiger partial charge in [-0.2, -0.15) is 0 Å². The zero-order chi connectivity index (χ0) is 17.1. The molecule has 4 aromatic rings. The maximum atomic E-state index is 5.57. The summed E-state index contributed by atoms with van der Waals surface area (Å²) in [5.74, 6) is 3.43. The highest BCUT2D eigenvalue weighted by molar-refractivity contribution is 5.93. The fourth-order valence-corrected chi connectivity index (χ4v) is 2.69. The monoisotopic (exact) mass is 330 g/mol. The molecule has 0 unspecified atom stereocenters. The number of aryl methyl sites for hydroxylation is 1. The van der Waals surface area contributed by atoms with Crippen molar-refractivity contribution in [1.82, 2.24) is 9.97 Å². The summed E-state index contributed by atoms with van der Waals surface area (Å²) in [6.45, 7) is 2.55. The molecule has 3 aromatic heterocycles. The first-order valence-corrected chi connectivity index (χ1v) is 8.15. The summed E-state index contributed by atoms with van der Waals surface area (Å²) in [4.78, 5) is 9.00. The average Bonchev–Trinajstić information content (AvgIpc) is 3.06. The predicted octanol–water partition coefficient (Wildman–Crippen LogP) is 4.89. The molecule has 4 rings (SSSR count). The predicted molar refractivity (Wildman–Crippen MR) is 100 cm³/mol. The molecule has 2 N–H and O–H groups in total. The van der Waals surface area contributed by atoms with Crippen LogP contribution < -0.4 is 10.6 Å². The van der Waals surface area contributed by atoms with Gasteiger partial charge in [0, 0.05) is 17.3 Å². The van der Waals surface area contributed by atoms with Crippen LogP contribution in [0.4, 0.5) is 17.3 Å². The maximum Gasteiger partial charge on any atom is 0.130 e. The number of anilines is 3. The van der Waals surface area contributed by atoms with Crippen molar-refractivity contribution in [1.29, 1.82) is 0 Å². The number of nitrogens with zero attached hydrogens (tertiary/aromatic N) is 2. The first kappa shape index (κ1) is 15.2. The minimum absolute atomic E-state index is 0.609. The molecule has 0 bridgehead atoms. The van der Waals surface area contributed by atoms with Crippen LogP contribution in [0.3, 0.4) is 0 Å². The molecule has 5 nitrogen and oxygen atoms in total. The summed E-state index contributed by atoms with van der Waals surface area (Å²) in [6.07, 6.45) is 1.77. The van der Waals surface area contributed by atoms with Gasteiger partial charge in [-0.1, -0.05) is 12.1 Å². The Kier molecular flexibility index (Phi) is 4.04. The Bertz CT molecular complexity index is 995. The molecule has 0 fully saturated rings. The zero-order valence-corrected chi connectivity index (χ0v) is 13.9. The number of furan rings is 1. The molecule has 3 heterocycles. The molecule has 0 aliphatic rings. The van der Waals surface area contributed by atoms with Crippen LogP contribution in [-0.2, 0) is 6.54 Å². The van der Waals surface area contributed by atoms with E-state index < -0.39 is 0 Å². The van der Waals surface area contributed by atoms with Gasteiger partial charge < -0.3 is 15.1 Å². The Balaban J connectivity index is 1.56. The third-order valence-electron chi connectivity index (χ3n) is 3.90. The molecule has 124 valence electrons. The molecule has 0 aliphatic heterocycles. The lowest BCUT2D eigenvalue weighted by Gasteiger charge is -2.10. The number of nitrogens with one attached hydrogen (secondary N) is 2. The van der Waals surface area contributed by atoms with Gasteiger partial charge in [-0.05, 0) is 55.5 Å². The van der Waals surface area contributed by atoms with Gasteiger partial charge in [0.2, 0.25) is 0 Å². The normalized spacial score (nSPS) is 10.8. The quantitative estimate of drug-likeness (QED) is 0.545. The summed E-state index contributed by atoms with van der Waals surface area (Å²) in [5.41, 5.74) is 1.90. The van der Waals surface area contributed by atoms with E-state index in [0.29, 0.717) is 6.54 Å². The number of hydrogen-bond acceptors (Lipinski definition) is 5. The van der Waals surface area contributed by atoms with E-state index in [1.54, 1.807) is 6.20 Å². The van der Waals surface area contributed by atoms with Gasteiger partial charge in [-0.15, -0.1) is 0 Å². The SMILES string of the molecule is Cc1ccc(CNc2ccc3c(Nc4ccccn4)cccc3n2)o1. The molecule has 1 aromatic carbocycles. The van der Waals surface area contributed by atoms with Gasteiger partial charge in [-0.3, -0.25) is 0 Å². The van der Waals surface area contributed by atoms with Crippen LogP contribution in [0.15, 0.2) is 71.3 Å². The van der Waals surface area contributed by atoms with Crippen molar-refractivity contribution in [3.8, 4) is 0 Å². The molecule has 0 spiro atoms. The molecular formula is C20H18N4O. The fourth-order valence-electron chi connectivity index (χ4n) is 2.69. The van der Waals surface area contributed by atoms with Crippen LogP contribution in [0.1, 0.15) is 11.5 Å². The Morgan fingerprint density at radius 1 is 0.920 bits per heavy atom. The summed E-state index contributed by atoms with van der Waals surface area (Å²) in [5, 5.41) is 7.69. The van der Waals surface area contributed by atoms with Gasteiger partial charge in [0.1, 0.15) is 23.2 Å². The minimum Gasteiger partial charge on any atom is -0.465 e. The molecule has 0 aliphatic carbocycles. The van der Waals surface area contributed by atoms with E-state index in [0.717, 1.165) is 39.7 Å². The molecule has 0 radical (unpaired) electrons. The Morgan fingerprint density at radius 3 is 2.68 bits per heavy atom. The van der Waals surface area contributed by atoms with E-state index in [2.05, 4.69) is 26.7 Å². The van der Waals surface area contributed by atoms with Crippen LogP contribution >= 0.6 is 0 Å². The number of rotatable bonds is 5. The van der Waals surface area contributed by atoms with Gasteiger partial charge >= 0.3 is 0 Å². The molecule has 0 amide bonds. The summed E-state index contributed by atoms with van der Waals surface area (Å²) in [7, 11) is 0. The highest BCUT2D eigenvalue weighted by atomic mass is 16.3. The second-order valence-electron chi connectivity index (χ2n) is 5.77. The number of hydrogen-bond donors (Lipinski definition) is 2. The molecule has 5 heteroatoms. The highest BCUT2D eigenvalue weighted by Gasteiger charge is 2.05. The first-order chi connectivity index (χ1) is 12.3. The van der Waals surface area contributed by atoms with Crippen LogP contribution in [0, 0.1) is 6.92 Å². The summed E-state index contributed by atoms with van der Waals surface area (Å²) >= 11 is 0. The number of benzene rings is 1. The van der Waals surface area contributed by atoms with Crippen molar-refractivity contribution in [2.24, 2.45) is 0 Å². The van der Waals surface area contributed by atoms with Crippen molar-refractivity contribution < 1.29 is 4.42 Å². The Hall–Kier alpha value is -3.34. The molecular weight excluding hydrogens is 312 g/mol. The first-order valence-electron chi connectivity index (χ1n) is 8.15.